The third-order valence-electron chi connectivity index (χ3n) is 3.40. The summed E-state index contributed by atoms with van der Waals surface area (Å²) < 4.78 is 28.5. The number of hydrogen-bond acceptors (Lipinski definition) is 5. The molecule has 0 N–H and O–H groups in total. The fourth-order valence-corrected chi connectivity index (χ4v) is 2.86. The Bertz CT molecular complexity index is 737. The van der Waals surface area contributed by atoms with Crippen molar-refractivity contribution in [1.29, 1.82) is 0 Å². The molecule has 6 heteroatoms. The van der Waals surface area contributed by atoms with Gasteiger partial charge in [0, 0.05) is 18.8 Å². The highest BCUT2D eigenvalue weighted by atomic mass is 32.2. The maximum atomic E-state index is 11.9. The second-order valence-electron chi connectivity index (χ2n) is 4.84. The Balaban J connectivity index is 2.04. The van der Waals surface area contributed by atoms with Crippen molar-refractivity contribution in [3.05, 3.63) is 60.2 Å². The van der Waals surface area contributed by atoms with E-state index in [0.29, 0.717) is 0 Å². The average Bonchev–Trinajstić information content (AvgIpc) is 2.58. The van der Waals surface area contributed by atoms with Crippen LogP contribution in [-0.2, 0) is 14.4 Å². The molecule has 0 saturated heterocycles. The maximum absolute atomic E-state index is 11.9. The fraction of sp³-hybridized carbons (Fsp3) is 0.235. The van der Waals surface area contributed by atoms with Crippen molar-refractivity contribution in [2.24, 2.45) is 5.16 Å². The van der Waals surface area contributed by atoms with Crippen LogP contribution in [0.4, 0.5) is 5.69 Å². The average molecular weight is 332 g/mol. The Labute approximate surface area is 137 Å². The molecule has 5 nitrogen and oxygen atoms in total. The molecular weight excluding hydrogens is 312 g/mol. The van der Waals surface area contributed by atoms with Gasteiger partial charge in [-0.05, 0) is 43.7 Å². The predicted octanol–water partition coefficient (Wildman–Crippen LogP) is 3.27. The normalized spacial score (nSPS) is 11.6. The van der Waals surface area contributed by atoms with Crippen molar-refractivity contribution < 1.29 is 12.7 Å². The molecule has 0 bridgehead atoms. The van der Waals surface area contributed by atoms with E-state index in [-0.39, 0.29) is 4.90 Å². The van der Waals surface area contributed by atoms with Gasteiger partial charge in [-0.15, -0.1) is 0 Å². The van der Waals surface area contributed by atoms with Crippen LogP contribution in [0.15, 0.2) is 64.6 Å². The zero-order chi connectivity index (χ0) is 16.7. The molecule has 23 heavy (non-hydrogen) atoms. The highest BCUT2D eigenvalue weighted by Crippen LogP contribution is 2.15. The topological polar surface area (TPSA) is 59.0 Å². The van der Waals surface area contributed by atoms with Crippen molar-refractivity contribution in [3.8, 4) is 0 Å². The largest absolute Gasteiger partial charge is 0.372 e. The summed E-state index contributed by atoms with van der Waals surface area (Å²) >= 11 is 0. The molecule has 2 aromatic rings. The molecule has 0 atom stereocenters. The van der Waals surface area contributed by atoms with Crippen LogP contribution in [0.2, 0.25) is 0 Å². The van der Waals surface area contributed by atoms with Crippen molar-refractivity contribution >= 4 is 22.0 Å². The zero-order valence-electron chi connectivity index (χ0n) is 13.2. The molecular formula is C17H20N2O3S. The van der Waals surface area contributed by atoms with Gasteiger partial charge in [-0.3, -0.25) is 4.28 Å². The highest BCUT2D eigenvalue weighted by Gasteiger charge is 2.14. The molecule has 0 heterocycles. The molecule has 2 aromatic carbocycles. The van der Waals surface area contributed by atoms with Gasteiger partial charge < -0.3 is 4.90 Å². The standard InChI is InChI=1S/C17H20N2O3S/c1-3-19(4-2)16-12-10-15(11-13-16)14-18-22-23(20,21)17-8-6-5-7-9-17/h5-14H,3-4H2,1-2H3. The lowest BCUT2D eigenvalue weighted by Gasteiger charge is -2.20. The van der Waals surface area contributed by atoms with Gasteiger partial charge in [-0.25, -0.2) is 0 Å². The first kappa shape index (κ1) is 17.0. The van der Waals surface area contributed by atoms with E-state index >= 15 is 0 Å². The van der Waals surface area contributed by atoms with E-state index in [0.717, 1.165) is 24.3 Å². The summed E-state index contributed by atoms with van der Waals surface area (Å²) in [5, 5.41) is 3.58. The second kappa shape index (κ2) is 7.78. The van der Waals surface area contributed by atoms with Gasteiger partial charge in [0.2, 0.25) is 0 Å². The van der Waals surface area contributed by atoms with E-state index in [2.05, 4.69) is 28.2 Å². The third kappa shape index (κ3) is 4.56. The quantitative estimate of drug-likeness (QED) is 0.577. The fourth-order valence-electron chi connectivity index (χ4n) is 2.13. The first-order valence-electron chi connectivity index (χ1n) is 7.44. The van der Waals surface area contributed by atoms with E-state index in [1.54, 1.807) is 18.2 Å². The second-order valence-corrected chi connectivity index (χ2v) is 6.37. The Morgan fingerprint density at radius 1 is 1.00 bits per heavy atom. The summed E-state index contributed by atoms with van der Waals surface area (Å²) in [6.07, 6.45) is 1.38. The van der Waals surface area contributed by atoms with E-state index < -0.39 is 10.1 Å². The van der Waals surface area contributed by atoms with Gasteiger partial charge in [-0.2, -0.15) is 8.42 Å². The number of anilines is 1. The van der Waals surface area contributed by atoms with Crippen LogP contribution in [0, 0.1) is 0 Å². The molecule has 122 valence electrons. The van der Waals surface area contributed by atoms with Gasteiger partial charge in [0.15, 0.2) is 0 Å². The first-order chi connectivity index (χ1) is 11.1. The van der Waals surface area contributed by atoms with Gasteiger partial charge in [0.1, 0.15) is 4.90 Å². The van der Waals surface area contributed by atoms with E-state index in [1.165, 1.54) is 18.3 Å². The third-order valence-corrected chi connectivity index (χ3v) is 4.53. The SMILES string of the molecule is CCN(CC)c1ccc(C=NOS(=O)(=O)c2ccccc2)cc1. The van der Waals surface area contributed by atoms with Gasteiger partial charge in [0.25, 0.3) is 0 Å². The number of rotatable bonds is 7. The zero-order valence-corrected chi connectivity index (χ0v) is 14.0. The van der Waals surface area contributed by atoms with Crippen LogP contribution in [0.5, 0.6) is 0 Å². The lowest BCUT2D eigenvalue weighted by Crippen LogP contribution is -2.21. The summed E-state index contributed by atoms with van der Waals surface area (Å²) in [5.41, 5.74) is 1.88. The molecule has 0 fully saturated rings. The minimum atomic E-state index is -3.87. The Hall–Kier alpha value is -2.34. The minimum Gasteiger partial charge on any atom is -0.372 e. The number of oxime groups is 1. The monoisotopic (exact) mass is 332 g/mol. The number of nitrogens with zero attached hydrogens (tertiary/aromatic N) is 2. The lowest BCUT2D eigenvalue weighted by atomic mass is 10.2. The molecule has 0 amide bonds. The van der Waals surface area contributed by atoms with E-state index in [4.69, 9.17) is 0 Å². The summed E-state index contributed by atoms with van der Waals surface area (Å²) in [6, 6.07) is 15.6. The number of hydrogen-bond donors (Lipinski definition) is 0. The smallest absolute Gasteiger partial charge is 0.358 e. The molecule has 2 rings (SSSR count). The Morgan fingerprint density at radius 2 is 1.61 bits per heavy atom. The maximum Gasteiger partial charge on any atom is 0.358 e. The first-order valence-corrected chi connectivity index (χ1v) is 8.84. The molecule has 0 aliphatic heterocycles. The van der Waals surface area contributed by atoms with Crippen molar-refractivity contribution in [3.63, 3.8) is 0 Å². The van der Waals surface area contributed by atoms with Crippen LogP contribution < -0.4 is 4.90 Å². The summed E-state index contributed by atoms with van der Waals surface area (Å²) in [6.45, 7) is 6.06. The number of benzene rings is 2. The molecule has 0 saturated carbocycles. The predicted molar refractivity (Wildman–Crippen MR) is 92.3 cm³/mol. The van der Waals surface area contributed by atoms with Crippen molar-refractivity contribution in [1.82, 2.24) is 0 Å². The highest BCUT2D eigenvalue weighted by molar-refractivity contribution is 7.86. The molecule has 0 aromatic heterocycles. The van der Waals surface area contributed by atoms with Crippen LogP contribution in [0.25, 0.3) is 0 Å². The Morgan fingerprint density at radius 3 is 2.17 bits per heavy atom. The molecule has 0 aliphatic rings. The minimum absolute atomic E-state index is 0.0778. The van der Waals surface area contributed by atoms with Crippen molar-refractivity contribution in [2.45, 2.75) is 18.7 Å². The van der Waals surface area contributed by atoms with Crippen LogP contribution in [0.3, 0.4) is 0 Å². The molecule has 0 unspecified atom stereocenters. The molecule has 0 radical (unpaired) electrons. The van der Waals surface area contributed by atoms with Crippen molar-refractivity contribution in [2.75, 3.05) is 18.0 Å². The van der Waals surface area contributed by atoms with Crippen LogP contribution in [0.1, 0.15) is 19.4 Å². The summed E-state index contributed by atoms with van der Waals surface area (Å²) in [7, 11) is -3.87. The van der Waals surface area contributed by atoms with E-state index in [1.807, 2.05) is 24.3 Å². The lowest BCUT2D eigenvalue weighted by molar-refractivity contribution is 0.341. The van der Waals surface area contributed by atoms with E-state index in [9.17, 15) is 8.42 Å². The summed E-state index contributed by atoms with van der Waals surface area (Å²) in [5.74, 6) is 0. The van der Waals surface area contributed by atoms with Crippen LogP contribution >= 0.6 is 0 Å². The molecule has 0 spiro atoms. The van der Waals surface area contributed by atoms with Gasteiger partial charge in [-0.1, -0.05) is 35.5 Å². The van der Waals surface area contributed by atoms with Gasteiger partial charge in [0.05, 0.1) is 6.21 Å². The Kier molecular flexibility index (Phi) is 5.76. The van der Waals surface area contributed by atoms with Crippen LogP contribution in [-0.4, -0.2) is 27.7 Å². The summed E-state index contributed by atoms with van der Waals surface area (Å²) in [4.78, 5) is 2.30. The molecule has 0 aliphatic carbocycles. The van der Waals surface area contributed by atoms with Gasteiger partial charge >= 0.3 is 10.1 Å².